The monoisotopic (exact) mass is 316 g/mol. The molecule has 0 aromatic heterocycles. The molecule has 1 aliphatic carbocycles. The maximum absolute atomic E-state index is 10.4. The Morgan fingerprint density at radius 3 is 2.32 bits per heavy atom. The van der Waals surface area contributed by atoms with Gasteiger partial charge in [0.2, 0.25) is 0 Å². The van der Waals surface area contributed by atoms with E-state index in [1.165, 1.54) is 19.3 Å². The van der Waals surface area contributed by atoms with Gasteiger partial charge in [0.1, 0.15) is 0 Å². The molecule has 1 aliphatic rings. The van der Waals surface area contributed by atoms with Crippen molar-refractivity contribution >= 4 is 5.97 Å². The van der Waals surface area contributed by atoms with Crippen molar-refractivity contribution in [3.63, 3.8) is 0 Å². The van der Waals surface area contributed by atoms with Gasteiger partial charge in [-0.2, -0.15) is 0 Å². The summed E-state index contributed by atoms with van der Waals surface area (Å²) in [4.78, 5) is 10.4. The van der Waals surface area contributed by atoms with Gasteiger partial charge in [-0.05, 0) is 57.5 Å². The van der Waals surface area contributed by atoms with Crippen molar-refractivity contribution in [2.24, 2.45) is 10.8 Å². The molecule has 22 heavy (non-hydrogen) atoms. The minimum atomic E-state index is -0.0880. The summed E-state index contributed by atoms with van der Waals surface area (Å²) in [6, 6.07) is 0.692. The Labute approximate surface area is 139 Å². The first-order valence-electron chi connectivity index (χ1n) is 8.69. The third-order valence-electron chi connectivity index (χ3n) is 4.21. The van der Waals surface area contributed by atoms with Crippen LogP contribution in [0.1, 0.15) is 68.1 Å². The van der Waals surface area contributed by atoms with E-state index in [0.29, 0.717) is 29.9 Å². The Kier molecular flexibility index (Phi) is 9.94. The number of nitrogens with one attached hydrogen (secondary N) is 2. The molecule has 1 rings (SSSR count). The van der Waals surface area contributed by atoms with Gasteiger partial charge in [0.15, 0.2) is 0 Å². The van der Waals surface area contributed by atoms with E-state index in [0.717, 1.165) is 13.0 Å². The van der Waals surface area contributed by atoms with E-state index in [-0.39, 0.29) is 7.40 Å². The summed E-state index contributed by atoms with van der Waals surface area (Å²) >= 11 is 0. The first kappa shape index (κ1) is 21.4. The third-order valence-corrected chi connectivity index (χ3v) is 4.21. The summed E-state index contributed by atoms with van der Waals surface area (Å²) in [5.74, 6) is -0.0880. The minimum Gasteiger partial charge on any atom is -0.466 e. The molecular formula is C18H40N2O2. The number of hydrogen-bond donors (Lipinski definition) is 2. The van der Waals surface area contributed by atoms with Crippen molar-refractivity contribution in [2.75, 3.05) is 27.2 Å². The van der Waals surface area contributed by atoms with Gasteiger partial charge in [0, 0.05) is 20.4 Å². The maximum Gasteiger partial charge on any atom is 0.305 e. The fraction of sp³-hybridized carbons (Fsp3) is 0.944. The highest BCUT2D eigenvalue weighted by Gasteiger charge is 2.40. The fourth-order valence-electron chi connectivity index (χ4n) is 3.84. The molecule has 1 fully saturated rings. The van der Waals surface area contributed by atoms with Gasteiger partial charge in [-0.25, -0.2) is 0 Å². The molecule has 0 radical (unpaired) electrons. The lowest BCUT2D eigenvalue weighted by molar-refractivity contribution is -0.143. The van der Waals surface area contributed by atoms with Crippen LogP contribution >= 0.6 is 0 Å². The standard InChI is InChI=1S/C12H26N2.C6H12O2.H2/c1-11(2)6-10(14-5)7-12(3,8-11)9-13-4;1-3-5-6(7)8-4-2;/h10,13-14H,6-9H2,1-5H3;3-5H2,1-2H3;1H. The zero-order valence-corrected chi connectivity index (χ0v) is 15.8. The summed E-state index contributed by atoms with van der Waals surface area (Å²) in [7, 11) is 4.15. The summed E-state index contributed by atoms with van der Waals surface area (Å²) in [6.07, 6.45) is 5.36. The number of ether oxygens (including phenoxy) is 1. The van der Waals surface area contributed by atoms with Crippen LogP contribution in [0.3, 0.4) is 0 Å². The molecular weight excluding hydrogens is 276 g/mol. The Morgan fingerprint density at radius 1 is 1.23 bits per heavy atom. The molecule has 2 atom stereocenters. The predicted octanol–water partition coefficient (Wildman–Crippen LogP) is 3.61. The number of carbonyl (C=O) groups excluding carboxylic acids is 1. The fourth-order valence-corrected chi connectivity index (χ4v) is 3.84. The van der Waals surface area contributed by atoms with Gasteiger partial charge in [-0.1, -0.05) is 27.7 Å². The Bertz CT molecular complexity index is 316. The largest absolute Gasteiger partial charge is 0.466 e. The zero-order chi connectivity index (χ0) is 17.2. The van der Waals surface area contributed by atoms with Crippen LogP contribution in [-0.4, -0.2) is 39.3 Å². The SMILES string of the molecule is CCCC(=O)OCC.CNCC1(C)CC(NC)CC(C)(C)C1.[HH]. The Morgan fingerprint density at radius 2 is 1.86 bits per heavy atom. The second-order valence-corrected chi connectivity index (χ2v) is 7.63. The van der Waals surface area contributed by atoms with Crippen LogP contribution in [0.15, 0.2) is 0 Å². The lowest BCUT2D eigenvalue weighted by atomic mass is 9.62. The number of rotatable bonds is 6. The molecule has 0 aromatic rings. The van der Waals surface area contributed by atoms with Crippen LogP contribution in [0.2, 0.25) is 0 Å². The summed E-state index contributed by atoms with van der Waals surface area (Å²) in [5.41, 5.74) is 0.946. The van der Waals surface area contributed by atoms with Gasteiger partial charge in [0.05, 0.1) is 6.61 Å². The second-order valence-electron chi connectivity index (χ2n) is 7.63. The smallest absolute Gasteiger partial charge is 0.305 e. The zero-order valence-electron chi connectivity index (χ0n) is 15.8. The quantitative estimate of drug-likeness (QED) is 0.735. The molecule has 0 amide bonds. The molecule has 0 heterocycles. The lowest BCUT2D eigenvalue weighted by Gasteiger charge is -2.46. The first-order chi connectivity index (χ1) is 10.2. The number of esters is 1. The summed E-state index contributed by atoms with van der Waals surface area (Å²) in [5, 5.41) is 6.78. The minimum absolute atomic E-state index is 0. The van der Waals surface area contributed by atoms with Crippen molar-refractivity contribution in [1.29, 1.82) is 0 Å². The van der Waals surface area contributed by atoms with Gasteiger partial charge in [-0.3, -0.25) is 4.79 Å². The summed E-state index contributed by atoms with van der Waals surface area (Å²) < 4.78 is 4.64. The van der Waals surface area contributed by atoms with Crippen LogP contribution in [0.4, 0.5) is 0 Å². The molecule has 134 valence electrons. The average molecular weight is 317 g/mol. The van der Waals surface area contributed by atoms with Crippen molar-refractivity contribution in [3.8, 4) is 0 Å². The van der Waals surface area contributed by atoms with Crippen LogP contribution in [-0.2, 0) is 9.53 Å². The van der Waals surface area contributed by atoms with Crippen LogP contribution in [0.5, 0.6) is 0 Å². The molecule has 0 aliphatic heterocycles. The molecule has 4 nitrogen and oxygen atoms in total. The van der Waals surface area contributed by atoms with Gasteiger partial charge < -0.3 is 15.4 Å². The van der Waals surface area contributed by atoms with E-state index in [9.17, 15) is 4.79 Å². The molecule has 2 unspecified atom stereocenters. The average Bonchev–Trinajstić information content (AvgIpc) is 2.37. The van der Waals surface area contributed by atoms with Crippen molar-refractivity contribution in [1.82, 2.24) is 10.6 Å². The first-order valence-corrected chi connectivity index (χ1v) is 8.69. The van der Waals surface area contributed by atoms with E-state index in [1.807, 2.05) is 13.8 Å². The molecule has 2 N–H and O–H groups in total. The Hall–Kier alpha value is -0.610. The number of carbonyl (C=O) groups is 1. The van der Waals surface area contributed by atoms with E-state index in [1.54, 1.807) is 0 Å². The van der Waals surface area contributed by atoms with Gasteiger partial charge >= 0.3 is 5.97 Å². The normalized spacial score (nSPS) is 26.8. The van der Waals surface area contributed by atoms with Gasteiger partial charge in [-0.15, -0.1) is 0 Å². The van der Waals surface area contributed by atoms with E-state index < -0.39 is 0 Å². The van der Waals surface area contributed by atoms with Crippen molar-refractivity contribution < 1.29 is 11.0 Å². The van der Waals surface area contributed by atoms with Crippen molar-refractivity contribution in [3.05, 3.63) is 0 Å². The highest BCUT2D eigenvalue weighted by atomic mass is 16.5. The molecule has 0 aromatic carbocycles. The van der Waals surface area contributed by atoms with E-state index in [2.05, 4.69) is 50.2 Å². The van der Waals surface area contributed by atoms with Crippen LogP contribution in [0, 0.1) is 10.8 Å². The topological polar surface area (TPSA) is 50.4 Å². The molecule has 4 heteroatoms. The van der Waals surface area contributed by atoms with Crippen LogP contribution in [0.25, 0.3) is 0 Å². The summed E-state index contributed by atoms with van der Waals surface area (Å²) in [6.45, 7) is 12.6. The highest BCUT2D eigenvalue weighted by molar-refractivity contribution is 5.69. The molecule has 0 saturated heterocycles. The Balaban J connectivity index is 0. The number of hydrogen-bond acceptors (Lipinski definition) is 4. The highest BCUT2D eigenvalue weighted by Crippen LogP contribution is 2.45. The third kappa shape index (κ3) is 8.74. The molecule has 0 bridgehead atoms. The maximum atomic E-state index is 10.4. The van der Waals surface area contributed by atoms with E-state index in [4.69, 9.17) is 0 Å². The van der Waals surface area contributed by atoms with Crippen LogP contribution < -0.4 is 10.6 Å². The van der Waals surface area contributed by atoms with Crippen molar-refractivity contribution in [2.45, 2.75) is 72.8 Å². The molecule has 1 saturated carbocycles. The van der Waals surface area contributed by atoms with E-state index >= 15 is 0 Å². The predicted molar refractivity (Wildman–Crippen MR) is 96.2 cm³/mol. The van der Waals surface area contributed by atoms with Gasteiger partial charge in [0.25, 0.3) is 0 Å². The second kappa shape index (κ2) is 10.2. The molecule has 0 spiro atoms. The lowest BCUT2D eigenvalue weighted by Crippen LogP contribution is -2.47.